The number of hydrogen-bond donors (Lipinski definition) is 1. The maximum absolute atomic E-state index is 5.20. The summed E-state index contributed by atoms with van der Waals surface area (Å²) in [5.41, 5.74) is 0. The van der Waals surface area contributed by atoms with E-state index in [1.54, 1.807) is 0 Å². The first-order valence-corrected chi connectivity index (χ1v) is 5.44. The monoisotopic (exact) mass is 212 g/mol. The van der Waals surface area contributed by atoms with Crippen LogP contribution < -0.4 is 10.2 Å². The first-order chi connectivity index (χ1) is 7.19. The van der Waals surface area contributed by atoms with Crippen molar-refractivity contribution in [1.29, 1.82) is 0 Å². The molecular weight excluding hydrogens is 192 g/mol. The minimum atomic E-state index is 0.261. The maximum Gasteiger partial charge on any atom is 0.265 e. The fourth-order valence-corrected chi connectivity index (χ4v) is 1.17. The van der Waals surface area contributed by atoms with Crippen LogP contribution in [0.2, 0.25) is 0 Å². The van der Waals surface area contributed by atoms with E-state index in [0.717, 1.165) is 19.6 Å². The molecule has 0 aliphatic carbocycles. The highest BCUT2D eigenvalue weighted by molar-refractivity contribution is 5.25. The predicted molar refractivity (Wildman–Crippen MR) is 60.2 cm³/mol. The van der Waals surface area contributed by atoms with Crippen LogP contribution in [0.3, 0.4) is 0 Å². The van der Waals surface area contributed by atoms with Gasteiger partial charge in [-0.1, -0.05) is 13.8 Å². The van der Waals surface area contributed by atoms with E-state index in [-0.39, 0.29) is 5.92 Å². The van der Waals surface area contributed by atoms with Crippen molar-refractivity contribution in [3.63, 3.8) is 0 Å². The minimum Gasteiger partial charge on any atom is -0.342 e. The van der Waals surface area contributed by atoms with Crippen LogP contribution in [0.25, 0.3) is 0 Å². The molecule has 1 aromatic rings. The average molecular weight is 212 g/mol. The van der Waals surface area contributed by atoms with Crippen LogP contribution in [0, 0.1) is 0 Å². The van der Waals surface area contributed by atoms with Crippen molar-refractivity contribution < 1.29 is 4.52 Å². The lowest BCUT2D eigenvalue weighted by molar-refractivity contribution is 0.355. The Bertz CT molecular complexity index is 287. The molecule has 0 bridgehead atoms. The van der Waals surface area contributed by atoms with Gasteiger partial charge in [-0.3, -0.25) is 0 Å². The van der Waals surface area contributed by atoms with Crippen molar-refractivity contribution >= 4 is 5.95 Å². The fraction of sp³-hybridized carbons (Fsp3) is 0.800. The van der Waals surface area contributed by atoms with Gasteiger partial charge in [-0.05, 0) is 18.6 Å². The van der Waals surface area contributed by atoms with E-state index in [2.05, 4.69) is 36.2 Å². The van der Waals surface area contributed by atoms with Crippen LogP contribution in [-0.2, 0) is 0 Å². The Labute approximate surface area is 90.8 Å². The van der Waals surface area contributed by atoms with Gasteiger partial charge < -0.3 is 14.7 Å². The molecule has 0 aliphatic heterocycles. The van der Waals surface area contributed by atoms with Crippen molar-refractivity contribution in [3.8, 4) is 0 Å². The molecule has 0 fully saturated rings. The lowest BCUT2D eigenvalue weighted by atomic mass is 10.2. The molecule has 1 rings (SSSR count). The fourth-order valence-electron chi connectivity index (χ4n) is 1.17. The van der Waals surface area contributed by atoms with Gasteiger partial charge in [0.05, 0.1) is 0 Å². The largest absolute Gasteiger partial charge is 0.342 e. The highest BCUT2D eigenvalue weighted by atomic mass is 16.5. The smallest absolute Gasteiger partial charge is 0.265 e. The number of rotatable bonds is 6. The molecule has 0 saturated carbocycles. The molecule has 1 N–H and O–H groups in total. The molecule has 0 aromatic carbocycles. The molecule has 15 heavy (non-hydrogen) atoms. The summed E-state index contributed by atoms with van der Waals surface area (Å²) in [6, 6.07) is 0. The molecule has 1 heterocycles. The molecule has 0 amide bonds. The zero-order chi connectivity index (χ0) is 11.3. The quantitative estimate of drug-likeness (QED) is 0.769. The van der Waals surface area contributed by atoms with E-state index in [0.29, 0.717) is 11.8 Å². The Morgan fingerprint density at radius 3 is 2.80 bits per heavy atom. The summed E-state index contributed by atoms with van der Waals surface area (Å²) in [4.78, 5) is 6.29. The molecule has 5 nitrogen and oxygen atoms in total. The Morgan fingerprint density at radius 1 is 1.47 bits per heavy atom. The molecule has 0 saturated heterocycles. The lowest BCUT2D eigenvalue weighted by Crippen LogP contribution is -2.20. The standard InChI is InChI=1S/C10H20N4O/c1-5-11-7-8(3)9-12-10(13-15-9)14(4)6-2/h8,11H,5-7H2,1-4H3. The highest BCUT2D eigenvalue weighted by Crippen LogP contribution is 2.15. The number of nitrogens with zero attached hydrogens (tertiary/aromatic N) is 3. The first-order valence-electron chi connectivity index (χ1n) is 5.44. The van der Waals surface area contributed by atoms with Crippen LogP contribution >= 0.6 is 0 Å². The van der Waals surface area contributed by atoms with Gasteiger partial charge in [0.15, 0.2) is 0 Å². The van der Waals surface area contributed by atoms with Gasteiger partial charge in [-0.15, -0.1) is 0 Å². The summed E-state index contributed by atoms with van der Waals surface area (Å²) >= 11 is 0. The van der Waals surface area contributed by atoms with Crippen LogP contribution in [-0.4, -0.2) is 36.8 Å². The third-order valence-corrected chi connectivity index (χ3v) is 2.37. The summed E-state index contributed by atoms with van der Waals surface area (Å²) in [5.74, 6) is 1.62. The summed E-state index contributed by atoms with van der Waals surface area (Å²) < 4.78 is 5.20. The summed E-state index contributed by atoms with van der Waals surface area (Å²) in [6.45, 7) is 8.91. The molecule has 1 aromatic heterocycles. The molecule has 5 heteroatoms. The van der Waals surface area contributed by atoms with Gasteiger partial charge in [0.2, 0.25) is 5.89 Å². The highest BCUT2D eigenvalue weighted by Gasteiger charge is 2.14. The number of hydrogen-bond acceptors (Lipinski definition) is 5. The van der Waals surface area contributed by atoms with E-state index < -0.39 is 0 Å². The van der Waals surface area contributed by atoms with Crippen molar-refractivity contribution in [3.05, 3.63) is 5.89 Å². The van der Waals surface area contributed by atoms with Crippen molar-refractivity contribution in [2.24, 2.45) is 0 Å². The van der Waals surface area contributed by atoms with Gasteiger partial charge in [0.25, 0.3) is 5.95 Å². The third-order valence-electron chi connectivity index (χ3n) is 2.37. The van der Waals surface area contributed by atoms with Gasteiger partial charge in [-0.2, -0.15) is 4.98 Å². The number of nitrogens with one attached hydrogen (secondary N) is 1. The molecule has 0 aliphatic rings. The first kappa shape index (κ1) is 12.0. The maximum atomic E-state index is 5.20. The van der Waals surface area contributed by atoms with E-state index in [9.17, 15) is 0 Å². The number of anilines is 1. The van der Waals surface area contributed by atoms with Crippen LogP contribution in [0.1, 0.15) is 32.6 Å². The molecule has 1 atom stereocenters. The van der Waals surface area contributed by atoms with Crippen LogP contribution in [0.4, 0.5) is 5.95 Å². The third kappa shape index (κ3) is 3.20. The Balaban J connectivity index is 2.58. The zero-order valence-electron chi connectivity index (χ0n) is 9.95. The van der Waals surface area contributed by atoms with E-state index in [1.807, 2.05) is 11.9 Å². The van der Waals surface area contributed by atoms with Gasteiger partial charge >= 0.3 is 0 Å². The van der Waals surface area contributed by atoms with Gasteiger partial charge in [0, 0.05) is 26.1 Å². The number of aromatic nitrogens is 2. The van der Waals surface area contributed by atoms with Crippen molar-refractivity contribution in [1.82, 2.24) is 15.5 Å². The van der Waals surface area contributed by atoms with Crippen molar-refractivity contribution in [2.75, 3.05) is 31.6 Å². The minimum absolute atomic E-state index is 0.261. The molecule has 0 radical (unpaired) electrons. The molecular formula is C10H20N4O. The summed E-state index contributed by atoms with van der Waals surface area (Å²) in [6.07, 6.45) is 0. The second-order valence-corrected chi connectivity index (χ2v) is 3.66. The Kier molecular flexibility index (Phi) is 4.55. The molecule has 1 unspecified atom stereocenters. The second kappa shape index (κ2) is 5.70. The van der Waals surface area contributed by atoms with Crippen LogP contribution in [0.5, 0.6) is 0 Å². The lowest BCUT2D eigenvalue weighted by Gasteiger charge is -2.09. The average Bonchev–Trinajstić information content (AvgIpc) is 2.74. The second-order valence-electron chi connectivity index (χ2n) is 3.66. The Hall–Kier alpha value is -1.10. The topological polar surface area (TPSA) is 54.2 Å². The van der Waals surface area contributed by atoms with E-state index >= 15 is 0 Å². The number of likely N-dealkylation sites (N-methyl/N-ethyl adjacent to an activating group) is 1. The van der Waals surface area contributed by atoms with E-state index in [4.69, 9.17) is 4.52 Å². The van der Waals surface area contributed by atoms with Crippen LogP contribution in [0.15, 0.2) is 4.52 Å². The van der Waals surface area contributed by atoms with Crippen molar-refractivity contribution in [2.45, 2.75) is 26.7 Å². The predicted octanol–water partition coefficient (Wildman–Crippen LogP) is 1.24. The summed E-state index contributed by atoms with van der Waals surface area (Å²) in [5, 5.41) is 7.19. The zero-order valence-corrected chi connectivity index (χ0v) is 9.95. The van der Waals surface area contributed by atoms with Gasteiger partial charge in [0.1, 0.15) is 0 Å². The molecule has 0 spiro atoms. The van der Waals surface area contributed by atoms with Gasteiger partial charge in [-0.25, -0.2) is 0 Å². The Morgan fingerprint density at radius 2 is 2.20 bits per heavy atom. The van der Waals surface area contributed by atoms with E-state index in [1.165, 1.54) is 0 Å². The molecule has 86 valence electrons. The SMILES string of the molecule is CCNCC(C)c1nc(N(C)CC)no1. The normalized spacial score (nSPS) is 12.8. The summed E-state index contributed by atoms with van der Waals surface area (Å²) in [7, 11) is 1.95.